The largest absolute Gasteiger partial charge is 0.350 e. The zero-order chi connectivity index (χ0) is 22.4. The first-order valence-electron chi connectivity index (χ1n) is 11.0. The molecule has 6 nitrogen and oxygen atoms in total. The third-order valence-electron chi connectivity index (χ3n) is 5.53. The van der Waals surface area contributed by atoms with Crippen LogP contribution in [-0.4, -0.2) is 23.8 Å². The van der Waals surface area contributed by atoms with Crippen molar-refractivity contribution in [3.05, 3.63) is 59.2 Å². The number of amides is 3. The lowest BCUT2D eigenvalue weighted by atomic mass is 9.88. The highest BCUT2D eigenvalue weighted by atomic mass is 16.2. The Hall–Kier alpha value is -3.15. The summed E-state index contributed by atoms with van der Waals surface area (Å²) >= 11 is 0. The minimum absolute atomic E-state index is 0.0246. The van der Waals surface area contributed by atoms with Crippen LogP contribution in [-0.2, 0) is 4.79 Å². The van der Waals surface area contributed by atoms with Crippen molar-refractivity contribution in [3.63, 3.8) is 0 Å². The Balaban J connectivity index is 1.69. The van der Waals surface area contributed by atoms with Crippen LogP contribution >= 0.6 is 0 Å². The molecular weight excluding hydrogens is 390 g/mol. The van der Waals surface area contributed by atoms with Crippen LogP contribution in [0.2, 0.25) is 0 Å². The monoisotopic (exact) mass is 421 g/mol. The maximum Gasteiger partial charge on any atom is 0.255 e. The molecule has 0 aromatic heterocycles. The van der Waals surface area contributed by atoms with Crippen LogP contribution in [0.4, 0.5) is 11.4 Å². The van der Waals surface area contributed by atoms with Gasteiger partial charge in [0.05, 0.1) is 0 Å². The summed E-state index contributed by atoms with van der Waals surface area (Å²) in [5, 5.41) is 8.67. The van der Waals surface area contributed by atoms with E-state index in [2.05, 4.69) is 16.0 Å². The zero-order valence-corrected chi connectivity index (χ0v) is 18.5. The van der Waals surface area contributed by atoms with Crippen LogP contribution < -0.4 is 16.0 Å². The lowest BCUT2D eigenvalue weighted by Crippen LogP contribution is -2.30. The molecule has 1 aliphatic rings. The molecule has 0 heterocycles. The van der Waals surface area contributed by atoms with E-state index in [1.165, 1.54) is 6.42 Å². The van der Waals surface area contributed by atoms with Gasteiger partial charge in [-0.1, -0.05) is 31.4 Å². The molecule has 6 heteroatoms. The number of anilines is 2. The van der Waals surface area contributed by atoms with Gasteiger partial charge in [-0.2, -0.15) is 0 Å². The van der Waals surface area contributed by atoms with Gasteiger partial charge >= 0.3 is 0 Å². The maximum absolute atomic E-state index is 12.8. The Bertz CT molecular complexity index is 962. The summed E-state index contributed by atoms with van der Waals surface area (Å²) < 4.78 is 0. The molecular formula is C25H31N3O3. The first-order chi connectivity index (χ1) is 14.8. The van der Waals surface area contributed by atoms with Gasteiger partial charge in [0.15, 0.2) is 0 Å². The van der Waals surface area contributed by atoms with E-state index in [0.29, 0.717) is 22.5 Å². The minimum Gasteiger partial charge on any atom is -0.350 e. The normalized spacial score (nSPS) is 14.2. The van der Waals surface area contributed by atoms with Crippen molar-refractivity contribution < 1.29 is 14.4 Å². The van der Waals surface area contributed by atoms with Crippen molar-refractivity contribution in [2.24, 2.45) is 5.92 Å². The van der Waals surface area contributed by atoms with E-state index in [4.69, 9.17) is 0 Å². The predicted molar refractivity (Wildman–Crippen MR) is 123 cm³/mol. The van der Waals surface area contributed by atoms with Gasteiger partial charge in [-0.25, -0.2) is 0 Å². The van der Waals surface area contributed by atoms with Crippen molar-refractivity contribution in [2.45, 2.75) is 58.9 Å². The summed E-state index contributed by atoms with van der Waals surface area (Å²) in [6.45, 7) is 5.66. The fourth-order valence-corrected chi connectivity index (χ4v) is 3.83. The summed E-state index contributed by atoms with van der Waals surface area (Å²) in [6, 6.07) is 12.2. The average Bonchev–Trinajstić information content (AvgIpc) is 2.75. The van der Waals surface area contributed by atoms with E-state index >= 15 is 0 Å². The van der Waals surface area contributed by atoms with Gasteiger partial charge in [-0.15, -0.1) is 0 Å². The highest BCUT2D eigenvalue weighted by Crippen LogP contribution is 2.25. The molecule has 3 amide bonds. The number of rotatable bonds is 6. The fraction of sp³-hybridized carbons (Fsp3) is 0.400. The standard InChI is InChI=1S/C25H31N3O3/c1-16(2)26-25(31)22-15-21(13-12-17(22)3)28-24(30)19-10-7-11-20(14-19)27-23(29)18-8-5-4-6-9-18/h7,10-16,18H,4-6,8-9H2,1-3H3,(H,26,31)(H,27,29)(H,28,30). The Labute approximate surface area is 183 Å². The number of carbonyl (C=O) groups excluding carboxylic acids is 3. The smallest absolute Gasteiger partial charge is 0.255 e. The molecule has 0 aliphatic heterocycles. The summed E-state index contributed by atoms with van der Waals surface area (Å²) in [4.78, 5) is 37.7. The molecule has 1 fully saturated rings. The first-order valence-corrected chi connectivity index (χ1v) is 11.0. The molecule has 3 rings (SSSR count). The van der Waals surface area contributed by atoms with E-state index in [1.54, 1.807) is 36.4 Å². The minimum atomic E-state index is -0.298. The first kappa shape index (κ1) is 22.5. The van der Waals surface area contributed by atoms with Crippen LogP contribution in [0, 0.1) is 12.8 Å². The number of hydrogen-bond donors (Lipinski definition) is 3. The fourth-order valence-electron chi connectivity index (χ4n) is 3.83. The van der Waals surface area contributed by atoms with Crippen molar-refractivity contribution in [2.75, 3.05) is 10.6 Å². The van der Waals surface area contributed by atoms with Gasteiger partial charge in [0.25, 0.3) is 11.8 Å². The molecule has 0 atom stereocenters. The van der Waals surface area contributed by atoms with Crippen LogP contribution in [0.1, 0.15) is 72.2 Å². The van der Waals surface area contributed by atoms with Crippen LogP contribution in [0.3, 0.4) is 0 Å². The molecule has 1 aliphatic carbocycles. The van der Waals surface area contributed by atoms with E-state index in [1.807, 2.05) is 26.8 Å². The summed E-state index contributed by atoms with van der Waals surface area (Å²) in [6.07, 6.45) is 5.22. The van der Waals surface area contributed by atoms with E-state index < -0.39 is 0 Å². The molecule has 31 heavy (non-hydrogen) atoms. The quantitative estimate of drug-likeness (QED) is 0.620. The van der Waals surface area contributed by atoms with Gasteiger partial charge < -0.3 is 16.0 Å². The zero-order valence-electron chi connectivity index (χ0n) is 18.5. The Kier molecular flexibility index (Phi) is 7.45. The summed E-state index contributed by atoms with van der Waals surface area (Å²) in [5.74, 6) is -0.394. The molecule has 2 aromatic carbocycles. The second kappa shape index (κ2) is 10.2. The third-order valence-corrected chi connectivity index (χ3v) is 5.53. The van der Waals surface area contributed by atoms with Gasteiger partial charge in [-0.05, 0) is 69.5 Å². The Morgan fingerprint density at radius 1 is 0.871 bits per heavy atom. The number of nitrogens with one attached hydrogen (secondary N) is 3. The number of aryl methyl sites for hydroxylation is 1. The van der Waals surface area contributed by atoms with Crippen molar-refractivity contribution in [1.82, 2.24) is 5.32 Å². The maximum atomic E-state index is 12.8. The summed E-state index contributed by atoms with van der Waals surface area (Å²) in [5.41, 5.74) is 2.96. The van der Waals surface area contributed by atoms with Crippen LogP contribution in [0.5, 0.6) is 0 Å². The molecule has 0 unspecified atom stereocenters. The van der Waals surface area contributed by atoms with Crippen molar-refractivity contribution in [3.8, 4) is 0 Å². The Morgan fingerprint density at radius 2 is 1.58 bits per heavy atom. The highest BCUT2D eigenvalue weighted by molar-refractivity contribution is 6.06. The second-order valence-corrected chi connectivity index (χ2v) is 8.52. The van der Waals surface area contributed by atoms with E-state index in [0.717, 1.165) is 31.2 Å². The lowest BCUT2D eigenvalue weighted by Gasteiger charge is -2.20. The molecule has 164 valence electrons. The van der Waals surface area contributed by atoms with Gasteiger partial charge in [0.1, 0.15) is 0 Å². The molecule has 3 N–H and O–H groups in total. The molecule has 0 radical (unpaired) electrons. The average molecular weight is 422 g/mol. The van der Waals surface area contributed by atoms with Crippen molar-refractivity contribution >= 4 is 29.1 Å². The van der Waals surface area contributed by atoms with E-state index in [-0.39, 0.29) is 29.7 Å². The topological polar surface area (TPSA) is 87.3 Å². The van der Waals surface area contributed by atoms with Gasteiger partial charge in [0, 0.05) is 34.5 Å². The molecule has 0 spiro atoms. The predicted octanol–water partition coefficient (Wildman–Crippen LogP) is 4.90. The van der Waals surface area contributed by atoms with Gasteiger partial charge in [0.2, 0.25) is 5.91 Å². The Morgan fingerprint density at radius 3 is 2.29 bits per heavy atom. The lowest BCUT2D eigenvalue weighted by molar-refractivity contribution is -0.120. The SMILES string of the molecule is Cc1ccc(NC(=O)c2cccc(NC(=O)C3CCCCC3)c2)cc1C(=O)NC(C)C. The number of benzene rings is 2. The van der Waals surface area contributed by atoms with E-state index in [9.17, 15) is 14.4 Å². The molecule has 0 bridgehead atoms. The second-order valence-electron chi connectivity index (χ2n) is 8.52. The van der Waals surface area contributed by atoms with Crippen LogP contribution in [0.25, 0.3) is 0 Å². The molecule has 1 saturated carbocycles. The van der Waals surface area contributed by atoms with Crippen LogP contribution in [0.15, 0.2) is 42.5 Å². The highest BCUT2D eigenvalue weighted by Gasteiger charge is 2.21. The number of hydrogen-bond acceptors (Lipinski definition) is 3. The third kappa shape index (κ3) is 6.17. The van der Waals surface area contributed by atoms with Crippen molar-refractivity contribution in [1.29, 1.82) is 0 Å². The van der Waals surface area contributed by atoms with Gasteiger partial charge in [-0.3, -0.25) is 14.4 Å². The molecule has 0 saturated heterocycles. The molecule has 2 aromatic rings. The summed E-state index contributed by atoms with van der Waals surface area (Å²) in [7, 11) is 0. The number of carbonyl (C=O) groups is 3.